The molecule has 36 heavy (non-hydrogen) atoms. The molecule has 2 aliphatic heterocycles. The van der Waals surface area contributed by atoms with E-state index in [-0.39, 0.29) is 29.5 Å². The third-order valence-electron chi connectivity index (χ3n) is 7.46. The van der Waals surface area contributed by atoms with E-state index >= 15 is 0 Å². The maximum absolute atomic E-state index is 6.65. The van der Waals surface area contributed by atoms with Gasteiger partial charge in [0.1, 0.15) is 24.1 Å². The topological polar surface area (TPSA) is 64.0 Å². The zero-order valence-corrected chi connectivity index (χ0v) is 27.6. The summed E-state index contributed by atoms with van der Waals surface area (Å²) < 4.78 is 34.6. The van der Waals surface area contributed by atoms with Crippen molar-refractivity contribution in [2.24, 2.45) is 0 Å². The van der Waals surface area contributed by atoms with Crippen molar-refractivity contribution in [2.75, 3.05) is 19.8 Å². The molecule has 2 saturated heterocycles. The third kappa shape index (κ3) is 6.32. The minimum absolute atomic E-state index is 0.0673. The summed E-state index contributed by atoms with van der Waals surface area (Å²) in [6, 6.07) is 5.07. The quantitative estimate of drug-likeness (QED) is 0.131. The number of hydrogen-bond acceptors (Lipinski definition) is 6. The second kappa shape index (κ2) is 10.7. The molecule has 11 heteroatoms. The van der Waals surface area contributed by atoms with Gasteiger partial charge in [-0.15, -0.1) is 0 Å². The second-order valence-corrected chi connectivity index (χ2v) is 24.5. The predicted molar refractivity (Wildman–Crippen MR) is 158 cm³/mol. The van der Waals surface area contributed by atoms with Gasteiger partial charge < -0.3 is 23.4 Å². The Labute approximate surface area is 235 Å². The fraction of sp³-hybridized carbons (Fsp3) is 0.720. The van der Waals surface area contributed by atoms with E-state index in [0.29, 0.717) is 31.0 Å². The highest BCUT2D eigenvalue weighted by molar-refractivity contribution is 14.1. The van der Waals surface area contributed by atoms with Crippen molar-refractivity contribution >= 4 is 61.6 Å². The van der Waals surface area contributed by atoms with E-state index in [0.717, 1.165) is 27.3 Å². The lowest BCUT2D eigenvalue weighted by Crippen LogP contribution is -2.47. The maximum atomic E-state index is 6.65. The molecule has 0 aliphatic carbocycles. The van der Waals surface area contributed by atoms with E-state index in [4.69, 9.17) is 35.0 Å². The number of nitrogens with zero attached hydrogens (tertiary/aromatic N) is 2. The van der Waals surface area contributed by atoms with Gasteiger partial charge in [-0.3, -0.25) is 4.57 Å². The van der Waals surface area contributed by atoms with Gasteiger partial charge >= 0.3 is 0 Å². The molecule has 0 unspecified atom stereocenters. The molecule has 4 heterocycles. The first-order chi connectivity index (χ1) is 16.7. The Morgan fingerprint density at radius 1 is 1.08 bits per heavy atom. The summed E-state index contributed by atoms with van der Waals surface area (Å²) in [5.74, 6) is 0.690. The van der Waals surface area contributed by atoms with E-state index in [9.17, 15) is 0 Å². The van der Waals surface area contributed by atoms with Crippen LogP contribution in [0.2, 0.25) is 49.0 Å². The van der Waals surface area contributed by atoms with E-state index in [1.54, 1.807) is 0 Å². The Morgan fingerprint density at radius 2 is 1.72 bits per heavy atom. The van der Waals surface area contributed by atoms with Gasteiger partial charge in [0.05, 0.1) is 33.9 Å². The molecular weight excluding hydrogens is 627 g/mol. The number of halogens is 2. The Bertz CT molecular complexity index is 1090. The molecule has 0 amide bonds. The minimum atomic E-state index is -1.94. The summed E-state index contributed by atoms with van der Waals surface area (Å²) in [7, 11) is -3.12. The molecule has 0 saturated carbocycles. The van der Waals surface area contributed by atoms with Crippen molar-refractivity contribution in [2.45, 2.75) is 95.7 Å². The van der Waals surface area contributed by atoms with Gasteiger partial charge in [-0.1, -0.05) is 52.0 Å². The number of pyridine rings is 1. The molecular formula is C25H40ClIN2O5Si2. The van der Waals surface area contributed by atoms with Crippen LogP contribution in [0.5, 0.6) is 5.88 Å². The van der Waals surface area contributed by atoms with Crippen LogP contribution >= 0.6 is 34.2 Å². The Balaban J connectivity index is 1.51. The summed E-state index contributed by atoms with van der Waals surface area (Å²) in [6.45, 7) is 20.4. The van der Waals surface area contributed by atoms with Gasteiger partial charge in [0.25, 0.3) is 0 Å². The molecule has 0 aromatic carbocycles. The summed E-state index contributed by atoms with van der Waals surface area (Å²) in [6.07, 6.45) is -0.593. The van der Waals surface area contributed by atoms with Crippen molar-refractivity contribution in [1.82, 2.24) is 9.55 Å². The SMILES string of the molecule is CC(C)(C)[Si](C)(C)O[C@@H]1CO[C@H]2[C@@H]1OC[C@H]2Oc1cc2nc(Cl)c(I)cc2n1COCC[Si](C)(C)C. The molecule has 0 bridgehead atoms. The van der Waals surface area contributed by atoms with Crippen molar-refractivity contribution < 1.29 is 23.4 Å². The van der Waals surface area contributed by atoms with Crippen LogP contribution in [0.1, 0.15) is 20.8 Å². The zero-order chi connectivity index (χ0) is 26.5. The highest BCUT2D eigenvalue weighted by Crippen LogP contribution is 2.41. The number of hydrogen-bond donors (Lipinski definition) is 0. The average Bonchev–Trinajstić information content (AvgIpc) is 3.40. The number of aromatic nitrogens is 2. The number of rotatable bonds is 9. The van der Waals surface area contributed by atoms with Gasteiger partial charge in [0, 0.05) is 20.7 Å². The van der Waals surface area contributed by atoms with Crippen molar-refractivity contribution in [3.8, 4) is 5.88 Å². The van der Waals surface area contributed by atoms with Gasteiger partial charge in [-0.05, 0) is 52.8 Å². The third-order valence-corrected chi connectivity index (χ3v) is 15.1. The van der Waals surface area contributed by atoms with E-state index in [1.165, 1.54) is 0 Å². The summed E-state index contributed by atoms with van der Waals surface area (Å²) >= 11 is 8.53. The Kier molecular flexibility index (Phi) is 8.59. The van der Waals surface area contributed by atoms with Gasteiger partial charge in [0.15, 0.2) is 20.3 Å². The number of ether oxygens (including phenoxy) is 4. The Hall–Kier alpha value is -0.216. The average molecular weight is 667 g/mol. The van der Waals surface area contributed by atoms with Crippen LogP contribution in [0, 0.1) is 3.57 Å². The van der Waals surface area contributed by atoms with Crippen LogP contribution in [0.4, 0.5) is 0 Å². The van der Waals surface area contributed by atoms with Crippen molar-refractivity contribution in [1.29, 1.82) is 0 Å². The predicted octanol–water partition coefficient (Wildman–Crippen LogP) is 6.54. The molecule has 0 N–H and O–H groups in total. The fourth-order valence-electron chi connectivity index (χ4n) is 4.21. The van der Waals surface area contributed by atoms with E-state index in [1.807, 2.05) is 16.7 Å². The van der Waals surface area contributed by atoms with Crippen LogP contribution in [0.15, 0.2) is 12.1 Å². The molecule has 2 aromatic heterocycles. The molecule has 202 valence electrons. The lowest BCUT2D eigenvalue weighted by molar-refractivity contribution is 0.00859. The summed E-state index contributed by atoms with van der Waals surface area (Å²) in [4.78, 5) is 4.57. The molecule has 4 rings (SSSR count). The molecule has 7 nitrogen and oxygen atoms in total. The Morgan fingerprint density at radius 3 is 2.36 bits per heavy atom. The van der Waals surface area contributed by atoms with Crippen LogP contribution < -0.4 is 4.74 Å². The molecule has 2 fully saturated rings. The summed E-state index contributed by atoms with van der Waals surface area (Å²) in [5.41, 5.74) is 1.72. The molecule has 0 spiro atoms. The fourth-order valence-corrected chi connectivity index (χ4v) is 6.84. The highest BCUT2D eigenvalue weighted by atomic mass is 127. The van der Waals surface area contributed by atoms with Gasteiger partial charge in [-0.2, -0.15) is 0 Å². The van der Waals surface area contributed by atoms with Crippen LogP contribution in [-0.4, -0.2) is 70.2 Å². The zero-order valence-electron chi connectivity index (χ0n) is 22.7. The first-order valence-corrected chi connectivity index (χ1v) is 20.7. The second-order valence-electron chi connectivity index (χ2n) is 12.6. The van der Waals surface area contributed by atoms with Crippen molar-refractivity contribution in [3.63, 3.8) is 0 Å². The summed E-state index contributed by atoms with van der Waals surface area (Å²) in [5, 5.41) is 0.613. The first kappa shape index (κ1) is 28.8. The minimum Gasteiger partial charge on any atom is -0.470 e. The lowest BCUT2D eigenvalue weighted by atomic mass is 10.1. The highest BCUT2D eigenvalue weighted by Gasteiger charge is 2.52. The standard InChI is InChI=1S/C25H40ClIN2O5Si2/c1-25(2,3)36(7,8)34-20-14-32-22-19(13-31-23(20)22)33-21-12-17-18(11-16(27)24(26)28-17)29(21)15-30-9-10-35(4,5)6/h11-12,19-20,22-23H,9-10,13-15H2,1-8H3/t19-,20-,22-,23-/m1/s1. The van der Waals surface area contributed by atoms with Gasteiger partial charge in [-0.25, -0.2) is 4.98 Å². The van der Waals surface area contributed by atoms with Crippen LogP contribution in [0.3, 0.4) is 0 Å². The largest absolute Gasteiger partial charge is 0.470 e. The number of fused-ring (bicyclic) bond motifs is 2. The maximum Gasteiger partial charge on any atom is 0.198 e. The van der Waals surface area contributed by atoms with Crippen LogP contribution in [-0.2, 0) is 25.4 Å². The normalized spacial score (nSPS) is 25.1. The molecule has 2 aromatic rings. The monoisotopic (exact) mass is 666 g/mol. The molecule has 2 aliphatic rings. The van der Waals surface area contributed by atoms with Gasteiger partial charge in [0.2, 0.25) is 0 Å². The molecule has 0 radical (unpaired) electrons. The van der Waals surface area contributed by atoms with Crippen LogP contribution in [0.25, 0.3) is 11.0 Å². The van der Waals surface area contributed by atoms with E-state index in [2.05, 4.69) is 81.1 Å². The van der Waals surface area contributed by atoms with Crippen molar-refractivity contribution in [3.05, 3.63) is 20.9 Å². The molecule has 4 atom stereocenters. The first-order valence-electron chi connectivity index (χ1n) is 12.7. The lowest BCUT2D eigenvalue weighted by Gasteiger charge is -2.39. The van der Waals surface area contributed by atoms with E-state index < -0.39 is 16.4 Å². The smallest absolute Gasteiger partial charge is 0.198 e.